The summed E-state index contributed by atoms with van der Waals surface area (Å²) >= 11 is 6.17. The van der Waals surface area contributed by atoms with Crippen LogP contribution in [0, 0.1) is 5.92 Å². The van der Waals surface area contributed by atoms with Crippen LogP contribution in [0.25, 0.3) is 0 Å². The minimum absolute atomic E-state index is 0.0723. The molecule has 0 spiro atoms. The fourth-order valence-corrected chi connectivity index (χ4v) is 2.26. The molecule has 0 saturated heterocycles. The van der Waals surface area contributed by atoms with Crippen molar-refractivity contribution in [3.8, 4) is 0 Å². The van der Waals surface area contributed by atoms with Gasteiger partial charge in [-0.25, -0.2) is 9.97 Å². The maximum atomic E-state index is 6.17. The highest BCUT2D eigenvalue weighted by atomic mass is 35.5. The lowest BCUT2D eigenvalue weighted by Crippen LogP contribution is -2.29. The smallest absolute Gasteiger partial charge is 0.137 e. The van der Waals surface area contributed by atoms with Crippen molar-refractivity contribution in [3.05, 3.63) is 17.0 Å². The Morgan fingerprint density at radius 1 is 1.32 bits per heavy atom. The fourth-order valence-electron chi connectivity index (χ4n) is 2.08. The molecule has 0 bridgehead atoms. The van der Waals surface area contributed by atoms with Crippen molar-refractivity contribution in [1.29, 1.82) is 0 Å². The Bertz CT molecular complexity index is 436. The third kappa shape index (κ3) is 4.07. The quantitative estimate of drug-likeness (QED) is 0.762. The second-order valence-electron chi connectivity index (χ2n) is 6.51. The topological polar surface area (TPSA) is 29.0 Å². The molecule has 0 radical (unpaired) electrons. The lowest BCUT2D eigenvalue weighted by Gasteiger charge is -2.25. The van der Waals surface area contributed by atoms with E-state index in [-0.39, 0.29) is 5.41 Å². The number of halogens is 1. The van der Waals surface area contributed by atoms with Crippen LogP contribution in [0.4, 0.5) is 5.82 Å². The average molecular weight is 282 g/mol. The van der Waals surface area contributed by atoms with Crippen LogP contribution in [0.5, 0.6) is 0 Å². The Hall–Kier alpha value is -0.830. The Kier molecular flexibility index (Phi) is 4.34. The van der Waals surface area contributed by atoms with Gasteiger partial charge in [-0.3, -0.25) is 0 Å². The molecular weight excluding hydrogens is 258 g/mol. The Morgan fingerprint density at radius 2 is 2.00 bits per heavy atom. The van der Waals surface area contributed by atoms with Gasteiger partial charge in [0.1, 0.15) is 16.8 Å². The van der Waals surface area contributed by atoms with Crippen LogP contribution in [-0.2, 0) is 5.41 Å². The SMILES string of the molecule is CCCN(CC1CC1)c1cc(Cl)nc(C(C)(C)C)n1. The van der Waals surface area contributed by atoms with E-state index in [2.05, 4.69) is 37.6 Å². The highest BCUT2D eigenvalue weighted by Crippen LogP contribution is 2.32. The Labute approximate surface area is 121 Å². The third-order valence-corrected chi connectivity index (χ3v) is 3.54. The van der Waals surface area contributed by atoms with Crippen molar-refractivity contribution in [1.82, 2.24) is 9.97 Å². The van der Waals surface area contributed by atoms with Crippen molar-refractivity contribution in [2.75, 3.05) is 18.0 Å². The summed E-state index contributed by atoms with van der Waals surface area (Å²) in [5.74, 6) is 2.66. The first-order chi connectivity index (χ1) is 8.90. The van der Waals surface area contributed by atoms with E-state index in [9.17, 15) is 0 Å². The third-order valence-electron chi connectivity index (χ3n) is 3.35. The molecule has 4 heteroatoms. The molecule has 1 aromatic rings. The summed E-state index contributed by atoms with van der Waals surface area (Å²) in [6, 6.07) is 1.90. The predicted octanol–water partition coefficient (Wildman–Crippen LogP) is 4.05. The van der Waals surface area contributed by atoms with E-state index in [1.165, 1.54) is 12.8 Å². The summed E-state index contributed by atoms with van der Waals surface area (Å²) < 4.78 is 0. The van der Waals surface area contributed by atoms with Crippen molar-refractivity contribution >= 4 is 17.4 Å². The standard InChI is InChI=1S/C15H24ClN3/c1-5-8-19(10-11-6-7-11)13-9-12(16)17-14(18-13)15(2,3)4/h9,11H,5-8,10H2,1-4H3. The van der Waals surface area contributed by atoms with Crippen LogP contribution in [0.15, 0.2) is 6.07 Å². The van der Waals surface area contributed by atoms with Gasteiger partial charge >= 0.3 is 0 Å². The van der Waals surface area contributed by atoms with Gasteiger partial charge in [0, 0.05) is 24.6 Å². The van der Waals surface area contributed by atoms with Crippen LogP contribution in [0.1, 0.15) is 52.8 Å². The minimum Gasteiger partial charge on any atom is -0.356 e. The van der Waals surface area contributed by atoms with Gasteiger partial charge < -0.3 is 4.90 Å². The zero-order chi connectivity index (χ0) is 14.0. The molecular formula is C15H24ClN3. The number of nitrogens with zero attached hydrogens (tertiary/aromatic N) is 3. The predicted molar refractivity (Wildman–Crippen MR) is 81.0 cm³/mol. The molecule has 0 aromatic carbocycles. The molecule has 19 heavy (non-hydrogen) atoms. The minimum atomic E-state index is -0.0723. The van der Waals surface area contributed by atoms with Crippen molar-refractivity contribution in [2.24, 2.45) is 5.92 Å². The second-order valence-corrected chi connectivity index (χ2v) is 6.90. The molecule has 1 aromatic heterocycles. The van der Waals surface area contributed by atoms with Gasteiger partial charge in [0.05, 0.1) is 0 Å². The molecule has 0 atom stereocenters. The highest BCUT2D eigenvalue weighted by molar-refractivity contribution is 6.29. The molecule has 0 unspecified atom stereocenters. The lowest BCUT2D eigenvalue weighted by molar-refractivity contribution is 0.543. The van der Waals surface area contributed by atoms with Gasteiger partial charge in [0.2, 0.25) is 0 Å². The first-order valence-corrected chi connectivity index (χ1v) is 7.58. The van der Waals surface area contributed by atoms with E-state index in [0.717, 1.165) is 37.1 Å². The fraction of sp³-hybridized carbons (Fsp3) is 0.733. The summed E-state index contributed by atoms with van der Waals surface area (Å²) in [5.41, 5.74) is -0.0723. The van der Waals surface area contributed by atoms with E-state index in [1.54, 1.807) is 0 Å². The van der Waals surface area contributed by atoms with E-state index in [4.69, 9.17) is 16.6 Å². The number of anilines is 1. The summed E-state index contributed by atoms with van der Waals surface area (Å²) in [6.45, 7) is 10.7. The van der Waals surface area contributed by atoms with Crippen molar-refractivity contribution in [3.63, 3.8) is 0 Å². The number of hydrogen-bond donors (Lipinski definition) is 0. The largest absolute Gasteiger partial charge is 0.356 e. The maximum Gasteiger partial charge on any atom is 0.137 e. The van der Waals surface area contributed by atoms with E-state index in [1.807, 2.05) is 6.07 Å². The summed E-state index contributed by atoms with van der Waals surface area (Å²) in [7, 11) is 0. The molecule has 0 aliphatic heterocycles. The molecule has 106 valence electrons. The summed E-state index contributed by atoms with van der Waals surface area (Å²) in [4.78, 5) is 11.5. The number of aromatic nitrogens is 2. The van der Waals surface area contributed by atoms with Crippen molar-refractivity contribution in [2.45, 2.75) is 52.4 Å². The molecule has 3 nitrogen and oxygen atoms in total. The van der Waals surface area contributed by atoms with Crippen molar-refractivity contribution < 1.29 is 0 Å². The van der Waals surface area contributed by atoms with Gasteiger partial charge in [0.15, 0.2) is 0 Å². The highest BCUT2D eigenvalue weighted by Gasteiger charge is 2.26. The van der Waals surface area contributed by atoms with Crippen LogP contribution < -0.4 is 4.90 Å². The molecule has 2 rings (SSSR count). The molecule has 1 aliphatic rings. The number of hydrogen-bond acceptors (Lipinski definition) is 3. The van der Waals surface area contributed by atoms with Gasteiger partial charge in [-0.05, 0) is 25.2 Å². The van der Waals surface area contributed by atoms with E-state index >= 15 is 0 Å². The van der Waals surface area contributed by atoms with Crippen LogP contribution in [0.3, 0.4) is 0 Å². The Morgan fingerprint density at radius 3 is 2.53 bits per heavy atom. The zero-order valence-electron chi connectivity index (χ0n) is 12.4. The van der Waals surface area contributed by atoms with Crippen LogP contribution >= 0.6 is 11.6 Å². The molecule has 0 amide bonds. The molecule has 1 fully saturated rings. The van der Waals surface area contributed by atoms with E-state index in [0.29, 0.717) is 5.15 Å². The Balaban J connectivity index is 2.27. The molecule has 1 heterocycles. The second kappa shape index (κ2) is 5.66. The normalized spacial score (nSPS) is 15.6. The van der Waals surface area contributed by atoms with Gasteiger partial charge in [0.25, 0.3) is 0 Å². The van der Waals surface area contributed by atoms with E-state index < -0.39 is 0 Å². The average Bonchev–Trinajstić information content (AvgIpc) is 3.10. The van der Waals surface area contributed by atoms with Crippen LogP contribution in [-0.4, -0.2) is 23.1 Å². The number of rotatable bonds is 5. The molecule has 1 aliphatic carbocycles. The summed E-state index contributed by atoms with van der Waals surface area (Å²) in [5, 5.41) is 0.548. The molecule has 1 saturated carbocycles. The first-order valence-electron chi connectivity index (χ1n) is 7.20. The lowest BCUT2D eigenvalue weighted by atomic mass is 9.96. The van der Waals surface area contributed by atoms with Gasteiger partial charge in [-0.1, -0.05) is 39.3 Å². The zero-order valence-corrected chi connectivity index (χ0v) is 13.2. The first kappa shape index (κ1) is 14.6. The summed E-state index contributed by atoms with van der Waals surface area (Å²) in [6.07, 6.45) is 3.83. The monoisotopic (exact) mass is 281 g/mol. The van der Waals surface area contributed by atoms with Crippen LogP contribution in [0.2, 0.25) is 5.15 Å². The van der Waals surface area contributed by atoms with Gasteiger partial charge in [-0.2, -0.15) is 0 Å². The van der Waals surface area contributed by atoms with Gasteiger partial charge in [-0.15, -0.1) is 0 Å². The maximum absolute atomic E-state index is 6.17. The molecule has 0 N–H and O–H groups in total.